The van der Waals surface area contributed by atoms with Crippen LogP contribution in [0, 0.1) is 12.3 Å². The van der Waals surface area contributed by atoms with Crippen LogP contribution in [0.5, 0.6) is 0 Å². The topological polar surface area (TPSA) is 124 Å². The van der Waals surface area contributed by atoms with Crippen LogP contribution in [0.1, 0.15) is 24.0 Å². The zero-order valence-corrected chi connectivity index (χ0v) is 25.3. The van der Waals surface area contributed by atoms with Gasteiger partial charge in [0.1, 0.15) is 18.8 Å². The number of urea groups is 1. The van der Waals surface area contributed by atoms with E-state index in [0.717, 1.165) is 11.1 Å². The van der Waals surface area contributed by atoms with Crippen LogP contribution in [0.15, 0.2) is 73.3 Å². The zero-order valence-electron chi connectivity index (χ0n) is 25.3. The Morgan fingerprint density at radius 2 is 1.76 bits per heavy atom. The third-order valence-corrected chi connectivity index (χ3v) is 7.47. The van der Waals surface area contributed by atoms with Gasteiger partial charge in [-0.15, -0.1) is 6.42 Å². The number of terminal acetylenes is 1. The molecule has 45 heavy (non-hydrogen) atoms. The van der Waals surface area contributed by atoms with Crippen LogP contribution in [0.4, 0.5) is 9.59 Å². The number of hydrazine groups is 1. The maximum Gasteiger partial charge on any atom is 0.407 e. The largest absolute Gasteiger partial charge is 0.445 e. The van der Waals surface area contributed by atoms with Gasteiger partial charge in [0, 0.05) is 19.6 Å². The van der Waals surface area contributed by atoms with Gasteiger partial charge < -0.3 is 29.9 Å². The van der Waals surface area contributed by atoms with Gasteiger partial charge in [-0.1, -0.05) is 79.2 Å². The number of hydrogen-bond donors (Lipinski definition) is 2. The van der Waals surface area contributed by atoms with Gasteiger partial charge in [-0.3, -0.25) is 9.59 Å². The summed E-state index contributed by atoms with van der Waals surface area (Å²) in [6.45, 7) is 4.97. The molecule has 2 saturated heterocycles. The summed E-state index contributed by atoms with van der Waals surface area (Å²) in [6.07, 6.45) is 6.36. The molecule has 12 nitrogen and oxygen atoms in total. The lowest BCUT2D eigenvalue weighted by Gasteiger charge is -2.55. The molecule has 12 heteroatoms. The predicted octanol–water partition coefficient (Wildman–Crippen LogP) is 2.34. The molecule has 0 aromatic heterocycles. The fourth-order valence-electron chi connectivity index (χ4n) is 5.38. The highest BCUT2D eigenvalue weighted by Crippen LogP contribution is 2.28. The summed E-state index contributed by atoms with van der Waals surface area (Å²) >= 11 is 0. The van der Waals surface area contributed by atoms with Crippen LogP contribution in [0.25, 0.3) is 0 Å². The molecule has 2 heterocycles. The molecular weight excluding hydrogens is 576 g/mol. The SMILES string of the molecule is C#CCN1CC(=O)N2[C@@H](CCCNC(=O)OCC=C)C(=O)N(CCOCc3ccccc3)C[C@@H]2N1C(=O)NCc1ccccc1. The molecule has 2 aromatic rings. The number of alkyl carbamates (subject to hydrolysis) is 1. The summed E-state index contributed by atoms with van der Waals surface area (Å²) in [4.78, 5) is 56.1. The number of fused-ring (bicyclic) bond motifs is 1. The first kappa shape index (κ1) is 33.0. The summed E-state index contributed by atoms with van der Waals surface area (Å²) in [7, 11) is 0. The van der Waals surface area contributed by atoms with Crippen molar-refractivity contribution in [1.82, 2.24) is 30.5 Å². The minimum absolute atomic E-state index is 0.0321. The van der Waals surface area contributed by atoms with Crippen molar-refractivity contribution < 1.29 is 28.7 Å². The second-order valence-electron chi connectivity index (χ2n) is 10.6. The van der Waals surface area contributed by atoms with Crippen molar-refractivity contribution in [3.63, 3.8) is 0 Å². The standard InChI is InChI=1S/C33H40N6O6/c1-3-18-37-24-30(40)38-28(16-11-17-34-33(43)45-20-4-2)31(41)36(19-21-44-25-27-14-9-6-10-15-27)23-29(38)39(37)32(42)35-22-26-12-7-5-8-13-26/h1,4-10,12-15,28-29H,2,11,16-25H2,(H,34,43)(H,35,42)/t28-,29-/m0/s1. The molecular formula is C33H40N6O6. The van der Waals surface area contributed by atoms with Crippen molar-refractivity contribution in [3.05, 3.63) is 84.4 Å². The van der Waals surface area contributed by atoms with Gasteiger partial charge in [0.25, 0.3) is 0 Å². The third kappa shape index (κ3) is 9.07. The van der Waals surface area contributed by atoms with Crippen LogP contribution >= 0.6 is 0 Å². The van der Waals surface area contributed by atoms with E-state index in [4.69, 9.17) is 15.9 Å². The van der Waals surface area contributed by atoms with E-state index in [1.807, 2.05) is 60.7 Å². The molecule has 2 N–H and O–H groups in total. The normalized spacial score (nSPS) is 18.2. The van der Waals surface area contributed by atoms with Crippen LogP contribution in [0.2, 0.25) is 0 Å². The molecule has 0 unspecified atom stereocenters. The van der Waals surface area contributed by atoms with Crippen LogP contribution < -0.4 is 10.6 Å². The van der Waals surface area contributed by atoms with Crippen LogP contribution in [-0.2, 0) is 32.2 Å². The molecule has 0 bridgehead atoms. The maximum absolute atomic E-state index is 13.8. The van der Waals surface area contributed by atoms with Gasteiger partial charge in [-0.05, 0) is 24.0 Å². The van der Waals surface area contributed by atoms with E-state index >= 15 is 0 Å². The van der Waals surface area contributed by atoms with Gasteiger partial charge in [-0.2, -0.15) is 5.01 Å². The van der Waals surface area contributed by atoms with Gasteiger partial charge in [0.2, 0.25) is 11.8 Å². The first-order valence-corrected chi connectivity index (χ1v) is 15.0. The molecule has 2 atom stereocenters. The van der Waals surface area contributed by atoms with Crippen molar-refractivity contribution >= 4 is 23.9 Å². The summed E-state index contributed by atoms with van der Waals surface area (Å²) < 4.78 is 10.8. The third-order valence-electron chi connectivity index (χ3n) is 7.47. The molecule has 2 aliphatic heterocycles. The molecule has 2 aromatic carbocycles. The smallest absolute Gasteiger partial charge is 0.407 e. The number of piperazine rings is 1. The average Bonchev–Trinajstić information content (AvgIpc) is 3.05. The Labute approximate surface area is 263 Å². The second kappa shape index (κ2) is 16.8. The van der Waals surface area contributed by atoms with Crippen molar-refractivity contribution in [2.75, 3.05) is 45.9 Å². The maximum atomic E-state index is 13.8. The minimum Gasteiger partial charge on any atom is -0.445 e. The fraction of sp³-hybridized carbons (Fsp3) is 0.394. The lowest BCUT2D eigenvalue weighted by atomic mass is 10.0. The summed E-state index contributed by atoms with van der Waals surface area (Å²) in [5, 5.41) is 8.59. The van der Waals surface area contributed by atoms with E-state index in [2.05, 4.69) is 23.1 Å². The van der Waals surface area contributed by atoms with Crippen molar-refractivity contribution in [3.8, 4) is 12.3 Å². The summed E-state index contributed by atoms with van der Waals surface area (Å²) in [5.41, 5.74) is 1.92. The van der Waals surface area contributed by atoms with E-state index < -0.39 is 24.3 Å². The number of carbonyl (C=O) groups excluding carboxylic acids is 4. The Bertz CT molecular complexity index is 1350. The minimum atomic E-state index is -0.853. The van der Waals surface area contributed by atoms with E-state index in [-0.39, 0.29) is 70.7 Å². The molecule has 0 saturated carbocycles. The van der Waals surface area contributed by atoms with E-state index in [0.29, 0.717) is 13.0 Å². The highest BCUT2D eigenvalue weighted by atomic mass is 16.5. The van der Waals surface area contributed by atoms with Crippen molar-refractivity contribution in [1.29, 1.82) is 0 Å². The molecule has 2 fully saturated rings. The molecule has 2 aliphatic rings. The monoisotopic (exact) mass is 616 g/mol. The Kier molecular flexibility index (Phi) is 12.4. The van der Waals surface area contributed by atoms with E-state index in [1.54, 1.807) is 4.90 Å². The summed E-state index contributed by atoms with van der Waals surface area (Å²) in [6, 6.07) is 17.9. The molecule has 238 valence electrons. The van der Waals surface area contributed by atoms with Gasteiger partial charge >= 0.3 is 12.1 Å². The highest BCUT2D eigenvalue weighted by molar-refractivity contribution is 5.91. The Morgan fingerprint density at radius 3 is 2.44 bits per heavy atom. The van der Waals surface area contributed by atoms with Crippen LogP contribution in [-0.4, -0.2) is 102 Å². The van der Waals surface area contributed by atoms with E-state index in [1.165, 1.54) is 21.0 Å². The highest BCUT2D eigenvalue weighted by Gasteiger charge is 2.51. The number of ether oxygens (including phenoxy) is 2. The fourth-order valence-corrected chi connectivity index (χ4v) is 5.38. The van der Waals surface area contributed by atoms with Gasteiger partial charge in [0.15, 0.2) is 0 Å². The number of amides is 5. The number of hydrogen-bond acceptors (Lipinski definition) is 7. The Hall–Kier alpha value is -4.86. The first-order chi connectivity index (χ1) is 21.9. The second-order valence-corrected chi connectivity index (χ2v) is 10.6. The Balaban J connectivity index is 1.51. The zero-order chi connectivity index (χ0) is 32.0. The number of carbonyl (C=O) groups is 4. The quantitative estimate of drug-likeness (QED) is 0.190. The molecule has 0 aliphatic carbocycles. The van der Waals surface area contributed by atoms with Crippen LogP contribution in [0.3, 0.4) is 0 Å². The van der Waals surface area contributed by atoms with E-state index in [9.17, 15) is 19.2 Å². The number of benzene rings is 2. The van der Waals surface area contributed by atoms with Gasteiger partial charge in [0.05, 0.1) is 32.8 Å². The van der Waals surface area contributed by atoms with Gasteiger partial charge in [-0.25, -0.2) is 14.6 Å². The first-order valence-electron chi connectivity index (χ1n) is 15.0. The average molecular weight is 617 g/mol. The lowest BCUT2D eigenvalue weighted by molar-refractivity contribution is -0.189. The Morgan fingerprint density at radius 1 is 1.04 bits per heavy atom. The molecule has 0 radical (unpaired) electrons. The molecule has 0 spiro atoms. The van der Waals surface area contributed by atoms with Crippen molar-refractivity contribution in [2.24, 2.45) is 0 Å². The number of nitrogens with one attached hydrogen (secondary N) is 2. The number of nitrogens with zero attached hydrogens (tertiary/aromatic N) is 4. The predicted molar refractivity (Wildman–Crippen MR) is 167 cm³/mol. The molecule has 4 rings (SSSR count). The summed E-state index contributed by atoms with van der Waals surface area (Å²) in [5.74, 6) is 1.99. The molecule has 5 amide bonds. The van der Waals surface area contributed by atoms with Crippen molar-refractivity contribution in [2.45, 2.75) is 38.2 Å². The lowest BCUT2D eigenvalue weighted by Crippen LogP contribution is -2.76. The number of rotatable bonds is 14.